The highest BCUT2D eigenvalue weighted by molar-refractivity contribution is 8.25. The molecule has 0 saturated heterocycles. The molecule has 1 aliphatic carbocycles. The molecule has 0 atom stereocenters. The molecule has 1 fully saturated rings. The van der Waals surface area contributed by atoms with Crippen molar-refractivity contribution in [2.75, 3.05) is 11.6 Å². The van der Waals surface area contributed by atoms with E-state index in [2.05, 4.69) is 60.7 Å². The molecular formula is C35H34FN7S. The van der Waals surface area contributed by atoms with Gasteiger partial charge in [-0.3, -0.25) is 14.8 Å². The summed E-state index contributed by atoms with van der Waals surface area (Å²) in [4.78, 5) is 13.0. The van der Waals surface area contributed by atoms with Crippen molar-refractivity contribution in [2.24, 2.45) is 5.92 Å². The second-order valence-electron chi connectivity index (χ2n) is 11.8. The molecule has 44 heavy (non-hydrogen) atoms. The predicted molar refractivity (Wildman–Crippen MR) is 185 cm³/mol. The van der Waals surface area contributed by atoms with E-state index in [4.69, 9.17) is 4.98 Å². The van der Waals surface area contributed by atoms with Crippen LogP contribution >= 0.6 is 9.39 Å². The smallest absolute Gasteiger partial charge is 0.135 e. The molecule has 7 rings (SSSR count). The number of halogens is 1. The van der Waals surface area contributed by atoms with Gasteiger partial charge in [0.2, 0.25) is 0 Å². The van der Waals surface area contributed by atoms with E-state index in [0.717, 1.165) is 67.0 Å². The molecule has 0 bridgehead atoms. The highest BCUT2D eigenvalue weighted by Crippen LogP contribution is 2.36. The van der Waals surface area contributed by atoms with Crippen LogP contribution in [-0.2, 0) is 6.54 Å². The first-order chi connectivity index (χ1) is 21.2. The molecule has 4 aromatic heterocycles. The molecule has 6 aromatic rings. The van der Waals surface area contributed by atoms with Crippen LogP contribution in [0.5, 0.6) is 0 Å². The molecule has 4 heterocycles. The summed E-state index contributed by atoms with van der Waals surface area (Å²) >= 11 is 0. The fourth-order valence-corrected chi connectivity index (χ4v) is 6.16. The molecular weight excluding hydrogens is 569 g/mol. The van der Waals surface area contributed by atoms with Gasteiger partial charge in [-0.25, -0.2) is 9.37 Å². The van der Waals surface area contributed by atoms with Crippen LogP contribution in [0.2, 0.25) is 0 Å². The van der Waals surface area contributed by atoms with Gasteiger partial charge in [0, 0.05) is 34.9 Å². The summed E-state index contributed by atoms with van der Waals surface area (Å²) in [5.74, 6) is 8.38. The zero-order valence-electron chi connectivity index (χ0n) is 24.6. The lowest BCUT2D eigenvalue weighted by Gasteiger charge is -2.28. The van der Waals surface area contributed by atoms with Crippen molar-refractivity contribution in [1.29, 1.82) is 0 Å². The first kappa shape index (κ1) is 28.1. The van der Waals surface area contributed by atoms with Crippen LogP contribution in [0.15, 0.2) is 85.3 Å². The van der Waals surface area contributed by atoms with Gasteiger partial charge in [-0.15, -0.1) is 0 Å². The summed E-state index contributed by atoms with van der Waals surface area (Å²) in [7, 11) is -1.42. The standard InChI is InChI=1S/C35H34FN7S/c1-21(23-7-5-8-23)39-27-16-25(19-37-20-27)30-11-12-32-34(41-30)35(43-42-32)33-17-29-28(9-6-10-31(29)40-33)24-13-22(14-26(36)15-24)18-38-44(2,3)4/h6,9-17,19-20,23,38-40H,1-3,5,7-8,18H2,4H3,(H,42,43). The number of benzene rings is 2. The molecule has 2 aromatic carbocycles. The van der Waals surface area contributed by atoms with E-state index in [1.165, 1.54) is 19.3 Å². The Labute approximate surface area is 256 Å². The summed E-state index contributed by atoms with van der Waals surface area (Å²) in [6, 6.07) is 19.2. The van der Waals surface area contributed by atoms with Crippen molar-refractivity contribution in [2.45, 2.75) is 25.8 Å². The monoisotopic (exact) mass is 603 g/mol. The summed E-state index contributed by atoms with van der Waals surface area (Å²) in [6.45, 7) is 4.72. The number of H-pyrrole nitrogens is 2. The van der Waals surface area contributed by atoms with Crippen molar-refractivity contribution in [1.82, 2.24) is 29.9 Å². The Hall–Kier alpha value is -4.73. The van der Waals surface area contributed by atoms with E-state index in [-0.39, 0.29) is 5.82 Å². The topological polar surface area (TPSA) is 94.3 Å². The summed E-state index contributed by atoms with van der Waals surface area (Å²) in [5, 5.41) is 12.2. The molecule has 1 aliphatic rings. The maximum atomic E-state index is 14.8. The predicted octanol–water partition coefficient (Wildman–Crippen LogP) is 8.00. The van der Waals surface area contributed by atoms with Gasteiger partial charge in [0.15, 0.2) is 0 Å². The minimum Gasteiger partial charge on any atom is -0.358 e. The lowest BCUT2D eigenvalue weighted by molar-refractivity contribution is 0.371. The molecule has 7 nitrogen and oxygen atoms in total. The number of pyridine rings is 2. The number of aromatic amines is 2. The number of fused-ring (bicyclic) bond motifs is 2. The molecule has 1 saturated carbocycles. The van der Waals surface area contributed by atoms with Crippen LogP contribution in [0.1, 0.15) is 24.8 Å². The Morgan fingerprint density at radius 2 is 1.89 bits per heavy atom. The molecule has 0 spiro atoms. The summed E-state index contributed by atoms with van der Waals surface area (Å²) < 4.78 is 18.1. The number of anilines is 1. The van der Waals surface area contributed by atoms with Crippen molar-refractivity contribution in [3.63, 3.8) is 0 Å². The van der Waals surface area contributed by atoms with Gasteiger partial charge in [-0.1, -0.05) is 36.9 Å². The van der Waals surface area contributed by atoms with E-state index in [1.54, 1.807) is 12.1 Å². The minimum absolute atomic E-state index is 0.284. The Bertz CT molecular complexity index is 2160. The van der Waals surface area contributed by atoms with Gasteiger partial charge in [-0.05, 0) is 90.2 Å². The van der Waals surface area contributed by atoms with Crippen LogP contribution < -0.4 is 10.0 Å². The average molecular weight is 604 g/mol. The first-order valence-corrected chi connectivity index (χ1v) is 17.0. The number of hydrogen-bond donors (Lipinski definition) is 4. The molecule has 0 amide bonds. The molecule has 4 N–H and O–H groups in total. The fraction of sp³-hybridized carbons (Fsp3) is 0.171. The molecule has 222 valence electrons. The Kier molecular flexibility index (Phi) is 7.07. The number of allylic oxidation sites excluding steroid dienone is 1. The third-order valence-electron chi connectivity index (χ3n) is 8.16. The van der Waals surface area contributed by atoms with Crippen molar-refractivity contribution in [3.8, 4) is 33.8 Å². The zero-order chi connectivity index (χ0) is 30.4. The quantitative estimate of drug-likeness (QED) is 0.126. The second kappa shape index (κ2) is 11.1. The van der Waals surface area contributed by atoms with E-state index in [9.17, 15) is 4.39 Å². The van der Waals surface area contributed by atoms with Gasteiger partial charge in [0.05, 0.1) is 28.8 Å². The number of rotatable bonds is 9. The molecule has 0 unspecified atom stereocenters. The van der Waals surface area contributed by atoms with Crippen LogP contribution in [0.4, 0.5) is 10.1 Å². The molecule has 0 aliphatic heterocycles. The van der Waals surface area contributed by atoms with Crippen molar-refractivity contribution in [3.05, 3.63) is 96.7 Å². The fourth-order valence-electron chi connectivity index (χ4n) is 5.64. The third kappa shape index (κ3) is 5.64. The van der Waals surface area contributed by atoms with Crippen LogP contribution in [0.3, 0.4) is 0 Å². The number of nitrogens with one attached hydrogen (secondary N) is 4. The highest BCUT2D eigenvalue weighted by atomic mass is 32.2. The van der Waals surface area contributed by atoms with Crippen LogP contribution in [-0.4, -0.2) is 43.1 Å². The van der Waals surface area contributed by atoms with Gasteiger partial charge in [-0.2, -0.15) is 14.5 Å². The van der Waals surface area contributed by atoms with Crippen LogP contribution in [0, 0.1) is 11.7 Å². The number of nitrogens with zero attached hydrogens (tertiary/aromatic N) is 3. The lowest BCUT2D eigenvalue weighted by atomic mass is 9.83. The van der Waals surface area contributed by atoms with Crippen molar-refractivity contribution < 1.29 is 4.39 Å². The first-order valence-electron chi connectivity index (χ1n) is 14.6. The van der Waals surface area contributed by atoms with Gasteiger partial charge < -0.3 is 10.3 Å². The number of aromatic nitrogens is 5. The van der Waals surface area contributed by atoms with Gasteiger partial charge in [0.1, 0.15) is 17.0 Å². The number of hydrogen-bond acceptors (Lipinski definition) is 5. The normalized spacial score (nSPS) is 13.8. The van der Waals surface area contributed by atoms with E-state index in [1.807, 2.05) is 55.0 Å². The third-order valence-corrected chi connectivity index (χ3v) is 9.00. The maximum Gasteiger partial charge on any atom is 0.135 e. The summed E-state index contributed by atoms with van der Waals surface area (Å²) in [5.41, 5.74) is 10.3. The van der Waals surface area contributed by atoms with Crippen LogP contribution in [0.25, 0.3) is 55.7 Å². The second-order valence-corrected chi connectivity index (χ2v) is 14.6. The zero-order valence-corrected chi connectivity index (χ0v) is 25.4. The minimum atomic E-state index is -1.42. The van der Waals surface area contributed by atoms with Gasteiger partial charge in [0.25, 0.3) is 0 Å². The SMILES string of the molecule is C=C(Nc1cncc(-c2ccc3[nH]nc(-c4cc5c(-c6cc(F)cc(CNS(=C)(=C)C)c6)cccc5[nH]4)c3n2)c1)C1CCC1. The van der Waals surface area contributed by atoms with E-state index >= 15 is 0 Å². The average Bonchev–Trinajstić information content (AvgIpc) is 3.58. The van der Waals surface area contributed by atoms with Gasteiger partial charge >= 0.3 is 0 Å². The Morgan fingerprint density at radius 1 is 1.02 bits per heavy atom. The van der Waals surface area contributed by atoms with E-state index < -0.39 is 9.39 Å². The largest absolute Gasteiger partial charge is 0.358 e. The van der Waals surface area contributed by atoms with E-state index in [0.29, 0.717) is 18.2 Å². The Balaban J connectivity index is 1.23. The molecule has 0 radical (unpaired) electrons. The summed E-state index contributed by atoms with van der Waals surface area (Å²) in [6.07, 6.45) is 9.23. The maximum absolute atomic E-state index is 14.8. The highest BCUT2D eigenvalue weighted by Gasteiger charge is 2.21. The molecule has 9 heteroatoms. The lowest BCUT2D eigenvalue weighted by Crippen LogP contribution is -2.18. The Morgan fingerprint density at radius 3 is 2.68 bits per heavy atom. The van der Waals surface area contributed by atoms with Crippen molar-refractivity contribution >= 4 is 48.8 Å².